The Balaban J connectivity index is 1.72. The van der Waals surface area contributed by atoms with Crippen molar-refractivity contribution in [3.63, 3.8) is 0 Å². The van der Waals surface area contributed by atoms with E-state index in [0.29, 0.717) is 26.6 Å². The van der Waals surface area contributed by atoms with E-state index in [-0.39, 0.29) is 18.7 Å². The van der Waals surface area contributed by atoms with E-state index in [1.165, 1.54) is 0 Å². The van der Waals surface area contributed by atoms with Crippen LogP contribution < -0.4 is 15.4 Å². The monoisotopic (exact) mass is 482 g/mol. The number of rotatable bonds is 8. The van der Waals surface area contributed by atoms with Gasteiger partial charge in [0.05, 0.1) is 18.6 Å². The van der Waals surface area contributed by atoms with Crippen LogP contribution >= 0.6 is 27.5 Å². The maximum absolute atomic E-state index is 12.0. The van der Waals surface area contributed by atoms with Gasteiger partial charge in [0.2, 0.25) is 5.91 Å². The van der Waals surface area contributed by atoms with Crippen molar-refractivity contribution in [2.45, 2.75) is 19.8 Å². The molecule has 0 aliphatic rings. The Morgan fingerprint density at radius 3 is 2.38 bits per heavy atom. The maximum Gasteiger partial charge on any atom is 0.306 e. The summed E-state index contributed by atoms with van der Waals surface area (Å²) in [6, 6.07) is 10.2. The van der Waals surface area contributed by atoms with Crippen LogP contribution in [0.3, 0.4) is 0 Å². The third-order valence-corrected chi connectivity index (χ3v) is 5.03. The SMILES string of the molecule is COc1ccc(NC(=O)CCC(=O)OCC(=O)Nc2cc(Cl)c(Br)cc2C)cc1. The van der Waals surface area contributed by atoms with Gasteiger partial charge in [-0.15, -0.1) is 0 Å². The standard InChI is InChI=1S/C20H20BrClN2O5/c1-12-9-15(21)16(22)10-17(12)24-19(26)11-29-20(27)8-7-18(25)23-13-3-5-14(28-2)6-4-13/h3-6,9-10H,7-8,11H2,1-2H3,(H,23,25)(H,24,26). The molecule has 2 rings (SSSR count). The predicted molar refractivity (Wildman–Crippen MR) is 114 cm³/mol. The van der Waals surface area contributed by atoms with E-state index in [2.05, 4.69) is 26.6 Å². The number of aryl methyl sites for hydroxylation is 1. The minimum Gasteiger partial charge on any atom is -0.497 e. The quantitative estimate of drug-likeness (QED) is 0.545. The molecule has 0 bridgehead atoms. The average Bonchev–Trinajstić information content (AvgIpc) is 2.69. The molecule has 2 amide bonds. The number of nitrogens with one attached hydrogen (secondary N) is 2. The lowest BCUT2D eigenvalue weighted by Crippen LogP contribution is -2.22. The van der Waals surface area contributed by atoms with E-state index in [1.54, 1.807) is 43.5 Å². The summed E-state index contributed by atoms with van der Waals surface area (Å²) < 4.78 is 10.7. The second kappa shape index (κ2) is 10.8. The van der Waals surface area contributed by atoms with Gasteiger partial charge in [0.1, 0.15) is 5.75 Å². The highest BCUT2D eigenvalue weighted by atomic mass is 79.9. The summed E-state index contributed by atoms with van der Waals surface area (Å²) in [5.74, 6) is -0.805. The molecule has 0 heterocycles. The molecule has 2 aromatic rings. The first-order valence-corrected chi connectivity index (χ1v) is 9.80. The number of methoxy groups -OCH3 is 1. The lowest BCUT2D eigenvalue weighted by Gasteiger charge is -2.10. The largest absolute Gasteiger partial charge is 0.497 e. The summed E-state index contributed by atoms with van der Waals surface area (Å²) in [7, 11) is 1.55. The molecule has 154 valence electrons. The molecule has 0 aliphatic heterocycles. The Hall–Kier alpha value is -2.58. The fourth-order valence-electron chi connectivity index (χ4n) is 2.30. The van der Waals surface area contributed by atoms with Crippen LogP contribution in [0.4, 0.5) is 11.4 Å². The van der Waals surface area contributed by atoms with Crippen LogP contribution in [-0.4, -0.2) is 31.5 Å². The number of carbonyl (C=O) groups excluding carboxylic acids is 3. The number of anilines is 2. The van der Waals surface area contributed by atoms with Crippen LogP contribution in [0.1, 0.15) is 18.4 Å². The summed E-state index contributed by atoms with van der Waals surface area (Å²) >= 11 is 9.31. The summed E-state index contributed by atoms with van der Waals surface area (Å²) in [4.78, 5) is 35.6. The van der Waals surface area contributed by atoms with Gasteiger partial charge in [-0.3, -0.25) is 14.4 Å². The van der Waals surface area contributed by atoms with E-state index < -0.39 is 18.5 Å². The van der Waals surface area contributed by atoms with E-state index in [9.17, 15) is 14.4 Å². The lowest BCUT2D eigenvalue weighted by molar-refractivity contribution is -0.147. The molecule has 0 fully saturated rings. The zero-order chi connectivity index (χ0) is 21.4. The molecule has 0 aromatic heterocycles. The number of amides is 2. The van der Waals surface area contributed by atoms with E-state index in [4.69, 9.17) is 21.1 Å². The number of esters is 1. The van der Waals surface area contributed by atoms with Gasteiger partial charge >= 0.3 is 5.97 Å². The number of ether oxygens (including phenoxy) is 2. The van der Waals surface area contributed by atoms with E-state index in [0.717, 1.165) is 5.56 Å². The second-order valence-electron chi connectivity index (χ2n) is 6.07. The summed E-state index contributed by atoms with van der Waals surface area (Å²) in [6.07, 6.45) is -0.202. The zero-order valence-electron chi connectivity index (χ0n) is 15.9. The first-order chi connectivity index (χ1) is 13.8. The molecule has 0 aliphatic carbocycles. The van der Waals surface area contributed by atoms with Crippen LogP contribution in [0.25, 0.3) is 0 Å². The first-order valence-electron chi connectivity index (χ1n) is 8.63. The molecule has 9 heteroatoms. The van der Waals surface area contributed by atoms with Crippen molar-refractivity contribution in [2.75, 3.05) is 24.4 Å². The number of benzene rings is 2. The Kier molecular flexibility index (Phi) is 8.48. The normalized spacial score (nSPS) is 10.2. The molecule has 0 spiro atoms. The topological polar surface area (TPSA) is 93.7 Å². The maximum atomic E-state index is 12.0. The van der Waals surface area contributed by atoms with Gasteiger partial charge in [-0.25, -0.2) is 0 Å². The third kappa shape index (κ3) is 7.40. The Labute approximate surface area is 181 Å². The van der Waals surface area contributed by atoms with Crippen LogP contribution in [0.2, 0.25) is 5.02 Å². The molecule has 2 aromatic carbocycles. The molecular weight excluding hydrogens is 464 g/mol. The average molecular weight is 484 g/mol. The van der Waals surface area contributed by atoms with Gasteiger partial charge in [0, 0.05) is 22.3 Å². The third-order valence-electron chi connectivity index (χ3n) is 3.84. The van der Waals surface area contributed by atoms with Crippen molar-refractivity contribution in [3.05, 3.63) is 51.5 Å². The smallest absolute Gasteiger partial charge is 0.306 e. The molecule has 0 saturated heterocycles. The van der Waals surface area contributed by atoms with Crippen molar-refractivity contribution in [3.8, 4) is 5.75 Å². The first kappa shape index (κ1) is 22.7. The molecule has 0 atom stereocenters. The Morgan fingerprint density at radius 2 is 1.72 bits per heavy atom. The molecule has 0 saturated carbocycles. The van der Waals surface area contributed by atoms with Gasteiger partial charge in [-0.05, 0) is 64.8 Å². The fraction of sp³-hybridized carbons (Fsp3) is 0.250. The minimum atomic E-state index is -0.643. The summed E-state index contributed by atoms with van der Waals surface area (Å²) in [6.45, 7) is 1.36. The van der Waals surface area contributed by atoms with Crippen molar-refractivity contribution in [2.24, 2.45) is 0 Å². The number of hydrogen-bond acceptors (Lipinski definition) is 5. The van der Waals surface area contributed by atoms with E-state index >= 15 is 0 Å². The molecule has 0 radical (unpaired) electrons. The van der Waals surface area contributed by atoms with Crippen molar-refractivity contribution < 1.29 is 23.9 Å². The van der Waals surface area contributed by atoms with Crippen LogP contribution in [0.15, 0.2) is 40.9 Å². The zero-order valence-corrected chi connectivity index (χ0v) is 18.2. The van der Waals surface area contributed by atoms with Crippen LogP contribution in [0.5, 0.6) is 5.75 Å². The van der Waals surface area contributed by atoms with Crippen molar-refractivity contribution in [1.82, 2.24) is 0 Å². The molecule has 2 N–H and O–H groups in total. The van der Waals surface area contributed by atoms with E-state index in [1.807, 2.05) is 6.92 Å². The summed E-state index contributed by atoms with van der Waals surface area (Å²) in [5, 5.41) is 5.74. The Morgan fingerprint density at radius 1 is 1.03 bits per heavy atom. The molecule has 0 unspecified atom stereocenters. The fourth-order valence-corrected chi connectivity index (χ4v) is 2.92. The highest BCUT2D eigenvalue weighted by molar-refractivity contribution is 9.10. The highest BCUT2D eigenvalue weighted by Gasteiger charge is 2.12. The van der Waals surface area contributed by atoms with Gasteiger partial charge in [-0.1, -0.05) is 11.6 Å². The van der Waals surface area contributed by atoms with Gasteiger partial charge in [0.25, 0.3) is 5.91 Å². The van der Waals surface area contributed by atoms with Gasteiger partial charge in [-0.2, -0.15) is 0 Å². The van der Waals surface area contributed by atoms with Gasteiger partial charge < -0.3 is 20.1 Å². The van der Waals surface area contributed by atoms with Crippen LogP contribution in [-0.2, 0) is 19.1 Å². The lowest BCUT2D eigenvalue weighted by atomic mass is 10.2. The second-order valence-corrected chi connectivity index (χ2v) is 7.33. The molecule has 29 heavy (non-hydrogen) atoms. The number of carbonyl (C=O) groups is 3. The van der Waals surface area contributed by atoms with Gasteiger partial charge in [0.15, 0.2) is 6.61 Å². The minimum absolute atomic E-state index is 0.0616. The number of hydrogen-bond donors (Lipinski definition) is 2. The number of halogens is 2. The predicted octanol–water partition coefficient (Wildman–Crippen LogP) is 4.32. The Bertz CT molecular complexity index is 902. The molecule has 7 nitrogen and oxygen atoms in total. The van der Waals surface area contributed by atoms with Crippen molar-refractivity contribution in [1.29, 1.82) is 0 Å². The van der Waals surface area contributed by atoms with Crippen LogP contribution in [0, 0.1) is 6.92 Å². The highest BCUT2D eigenvalue weighted by Crippen LogP contribution is 2.28. The molecular formula is C20H20BrClN2O5. The van der Waals surface area contributed by atoms with Crippen molar-refractivity contribution >= 4 is 56.7 Å². The summed E-state index contributed by atoms with van der Waals surface area (Å²) in [5.41, 5.74) is 1.92.